The maximum Gasteiger partial charge on any atom is 0.416 e. The highest BCUT2D eigenvalue weighted by atomic mass is 16.6. The summed E-state index contributed by atoms with van der Waals surface area (Å²) in [7, 11) is 2.78. The van der Waals surface area contributed by atoms with Crippen molar-refractivity contribution in [1.82, 2.24) is 4.90 Å². The van der Waals surface area contributed by atoms with Crippen LogP contribution in [0.3, 0.4) is 0 Å². The van der Waals surface area contributed by atoms with E-state index in [1.54, 1.807) is 36.4 Å². The molecule has 2 rings (SSSR count). The molecule has 0 spiro atoms. The fourth-order valence-electron chi connectivity index (χ4n) is 2.09. The van der Waals surface area contributed by atoms with Crippen LogP contribution < -0.4 is 9.47 Å². The van der Waals surface area contributed by atoms with Gasteiger partial charge < -0.3 is 19.3 Å². The van der Waals surface area contributed by atoms with Gasteiger partial charge in [-0.15, -0.1) is 0 Å². The Morgan fingerprint density at radius 3 is 2.32 bits per heavy atom. The molecule has 0 aliphatic rings. The molecule has 2 aromatic rings. The molecule has 0 aliphatic heterocycles. The van der Waals surface area contributed by atoms with Gasteiger partial charge in [-0.05, 0) is 42.0 Å². The topological polar surface area (TPSA) is 85.3 Å². The number of phenols is 1. The van der Waals surface area contributed by atoms with Crippen molar-refractivity contribution in [2.75, 3.05) is 20.8 Å². The number of benzene rings is 2. The van der Waals surface area contributed by atoms with Crippen LogP contribution in [0.1, 0.15) is 5.56 Å². The zero-order valence-electron chi connectivity index (χ0n) is 14.0. The van der Waals surface area contributed by atoms with Crippen molar-refractivity contribution in [2.45, 2.75) is 6.54 Å². The van der Waals surface area contributed by atoms with Crippen LogP contribution in [0.15, 0.2) is 48.5 Å². The molecule has 0 bridgehead atoms. The van der Waals surface area contributed by atoms with Crippen LogP contribution in [0.5, 0.6) is 17.2 Å². The standard InChI is InChI=1S/C18H19NO6/c1-23-15-6-8-16(9-7-15)25-18(22)19(12-17(21)24-2)11-13-4-3-5-14(20)10-13/h3-10,20H,11-12H2,1-2H3. The van der Waals surface area contributed by atoms with Gasteiger partial charge >= 0.3 is 12.1 Å². The van der Waals surface area contributed by atoms with Crippen LogP contribution >= 0.6 is 0 Å². The summed E-state index contributed by atoms with van der Waals surface area (Å²) >= 11 is 0. The van der Waals surface area contributed by atoms with Gasteiger partial charge in [0.25, 0.3) is 0 Å². The average Bonchev–Trinajstić information content (AvgIpc) is 2.61. The Morgan fingerprint density at radius 2 is 1.72 bits per heavy atom. The number of hydrogen-bond acceptors (Lipinski definition) is 6. The summed E-state index contributed by atoms with van der Waals surface area (Å²) < 4.78 is 14.9. The predicted molar refractivity (Wildman–Crippen MR) is 89.6 cm³/mol. The third-order valence-electron chi connectivity index (χ3n) is 3.35. The van der Waals surface area contributed by atoms with Crippen molar-refractivity contribution in [3.8, 4) is 17.2 Å². The van der Waals surface area contributed by atoms with E-state index in [0.717, 1.165) is 0 Å². The number of carbonyl (C=O) groups excluding carboxylic acids is 2. The highest BCUT2D eigenvalue weighted by Crippen LogP contribution is 2.19. The fourth-order valence-corrected chi connectivity index (χ4v) is 2.09. The van der Waals surface area contributed by atoms with Crippen LogP contribution in [-0.2, 0) is 16.1 Å². The fraction of sp³-hybridized carbons (Fsp3) is 0.222. The summed E-state index contributed by atoms with van der Waals surface area (Å²) in [6.45, 7) is -0.195. The summed E-state index contributed by atoms with van der Waals surface area (Å²) in [5.41, 5.74) is 0.649. The Labute approximate surface area is 145 Å². The summed E-state index contributed by atoms with van der Waals surface area (Å²) in [5, 5.41) is 9.54. The van der Waals surface area contributed by atoms with Gasteiger partial charge in [-0.2, -0.15) is 0 Å². The lowest BCUT2D eigenvalue weighted by atomic mass is 10.2. The molecule has 0 radical (unpaired) electrons. The number of carbonyl (C=O) groups is 2. The second kappa shape index (κ2) is 8.58. The van der Waals surface area contributed by atoms with E-state index in [1.807, 2.05) is 0 Å². The first-order chi connectivity index (χ1) is 12.0. The third kappa shape index (κ3) is 5.42. The van der Waals surface area contributed by atoms with Crippen LogP contribution in [0.4, 0.5) is 4.79 Å². The number of rotatable bonds is 6. The number of esters is 1. The zero-order chi connectivity index (χ0) is 18.2. The largest absolute Gasteiger partial charge is 0.508 e. The molecule has 0 fully saturated rings. The summed E-state index contributed by atoms with van der Waals surface area (Å²) in [4.78, 5) is 25.2. The first kappa shape index (κ1) is 18.1. The minimum atomic E-state index is -0.709. The third-order valence-corrected chi connectivity index (χ3v) is 3.35. The number of hydrogen-bond donors (Lipinski definition) is 1. The molecule has 0 saturated carbocycles. The van der Waals surface area contributed by atoms with Gasteiger partial charge in [0.2, 0.25) is 0 Å². The van der Waals surface area contributed by atoms with Crippen LogP contribution in [-0.4, -0.2) is 42.8 Å². The molecule has 7 heteroatoms. The lowest BCUT2D eigenvalue weighted by molar-refractivity contribution is -0.141. The van der Waals surface area contributed by atoms with Gasteiger partial charge in [0.1, 0.15) is 23.8 Å². The van der Waals surface area contributed by atoms with E-state index in [1.165, 1.54) is 31.3 Å². The van der Waals surface area contributed by atoms with Gasteiger partial charge in [-0.3, -0.25) is 9.69 Å². The van der Waals surface area contributed by atoms with E-state index in [-0.39, 0.29) is 18.8 Å². The van der Waals surface area contributed by atoms with Gasteiger partial charge in [0.15, 0.2) is 0 Å². The molecule has 0 aromatic heterocycles. The normalized spacial score (nSPS) is 10.0. The Kier molecular flexibility index (Phi) is 6.22. The minimum absolute atomic E-state index is 0.0686. The van der Waals surface area contributed by atoms with Crippen molar-refractivity contribution in [2.24, 2.45) is 0 Å². The Hall–Kier alpha value is -3.22. The number of methoxy groups -OCH3 is 2. The SMILES string of the molecule is COC(=O)CN(Cc1cccc(O)c1)C(=O)Oc1ccc(OC)cc1. The van der Waals surface area contributed by atoms with E-state index < -0.39 is 12.1 Å². The Balaban J connectivity index is 2.12. The molecule has 0 unspecified atom stereocenters. The maximum atomic E-state index is 12.4. The molecule has 7 nitrogen and oxygen atoms in total. The molecular formula is C18H19NO6. The quantitative estimate of drug-likeness (QED) is 0.810. The molecular weight excluding hydrogens is 326 g/mol. The number of aromatic hydroxyl groups is 1. The lowest BCUT2D eigenvalue weighted by Crippen LogP contribution is -2.37. The summed E-state index contributed by atoms with van der Waals surface area (Å²) in [6.07, 6.45) is -0.709. The highest BCUT2D eigenvalue weighted by Gasteiger charge is 2.20. The molecule has 2 aromatic carbocycles. The van der Waals surface area contributed by atoms with E-state index in [0.29, 0.717) is 17.1 Å². The monoisotopic (exact) mass is 345 g/mol. The van der Waals surface area contributed by atoms with Crippen LogP contribution in [0, 0.1) is 0 Å². The first-order valence-corrected chi connectivity index (χ1v) is 7.47. The number of phenolic OH excluding ortho intramolecular Hbond substituents is 1. The van der Waals surface area contributed by atoms with Crippen molar-refractivity contribution >= 4 is 12.1 Å². The Bertz CT molecular complexity index is 729. The molecule has 0 saturated heterocycles. The molecule has 132 valence electrons. The Morgan fingerprint density at radius 1 is 1.04 bits per heavy atom. The number of nitrogens with zero attached hydrogens (tertiary/aromatic N) is 1. The maximum absolute atomic E-state index is 12.4. The van der Waals surface area contributed by atoms with Crippen LogP contribution in [0.25, 0.3) is 0 Å². The smallest absolute Gasteiger partial charge is 0.416 e. The van der Waals surface area contributed by atoms with Crippen molar-refractivity contribution < 1.29 is 28.9 Å². The zero-order valence-corrected chi connectivity index (χ0v) is 14.0. The van der Waals surface area contributed by atoms with Gasteiger partial charge in [-0.25, -0.2) is 4.79 Å². The molecule has 0 heterocycles. The molecule has 0 aliphatic carbocycles. The number of amides is 1. The minimum Gasteiger partial charge on any atom is -0.508 e. The summed E-state index contributed by atoms with van der Waals surface area (Å²) in [5.74, 6) is 0.438. The van der Waals surface area contributed by atoms with E-state index >= 15 is 0 Å². The average molecular weight is 345 g/mol. The first-order valence-electron chi connectivity index (χ1n) is 7.47. The summed E-state index contributed by atoms with van der Waals surface area (Å²) in [6, 6.07) is 12.9. The molecule has 1 amide bonds. The second-order valence-electron chi connectivity index (χ2n) is 5.15. The van der Waals surface area contributed by atoms with E-state index in [2.05, 4.69) is 4.74 Å². The predicted octanol–water partition coefficient (Wildman–Crippen LogP) is 2.57. The molecule has 1 N–H and O–H groups in total. The van der Waals surface area contributed by atoms with Gasteiger partial charge in [0.05, 0.1) is 14.2 Å². The lowest BCUT2D eigenvalue weighted by Gasteiger charge is -2.21. The van der Waals surface area contributed by atoms with E-state index in [4.69, 9.17) is 9.47 Å². The molecule has 0 atom stereocenters. The van der Waals surface area contributed by atoms with Crippen LogP contribution in [0.2, 0.25) is 0 Å². The van der Waals surface area contributed by atoms with Crippen molar-refractivity contribution in [3.63, 3.8) is 0 Å². The van der Waals surface area contributed by atoms with Crippen molar-refractivity contribution in [3.05, 3.63) is 54.1 Å². The number of ether oxygens (including phenoxy) is 3. The second-order valence-corrected chi connectivity index (χ2v) is 5.15. The van der Waals surface area contributed by atoms with Gasteiger partial charge in [-0.1, -0.05) is 12.1 Å². The van der Waals surface area contributed by atoms with Crippen molar-refractivity contribution in [1.29, 1.82) is 0 Å². The van der Waals surface area contributed by atoms with E-state index in [9.17, 15) is 14.7 Å². The highest BCUT2D eigenvalue weighted by molar-refractivity contribution is 5.79. The molecule has 25 heavy (non-hydrogen) atoms. The van der Waals surface area contributed by atoms with Gasteiger partial charge in [0, 0.05) is 6.54 Å².